The minimum Gasteiger partial charge on any atom is -0.326 e. The maximum absolute atomic E-state index is 13.3. The Bertz CT molecular complexity index is 1140. The zero-order valence-corrected chi connectivity index (χ0v) is 17.2. The van der Waals surface area contributed by atoms with Crippen molar-refractivity contribution in [2.45, 2.75) is 17.7 Å². The van der Waals surface area contributed by atoms with Crippen LogP contribution in [0.25, 0.3) is 10.9 Å². The molecular formula is C21H20ClN3O3S. The van der Waals surface area contributed by atoms with Crippen molar-refractivity contribution in [2.24, 2.45) is 5.92 Å². The summed E-state index contributed by atoms with van der Waals surface area (Å²) >= 11 is 5.87. The van der Waals surface area contributed by atoms with Gasteiger partial charge in [-0.15, -0.1) is 0 Å². The molecule has 1 fully saturated rings. The number of nitrogens with one attached hydrogen (secondary N) is 1. The molecule has 0 spiro atoms. The lowest BCUT2D eigenvalue weighted by Crippen LogP contribution is -2.43. The second kappa shape index (κ2) is 8.10. The number of para-hydroxylation sites is 1. The minimum absolute atomic E-state index is 0.144. The lowest BCUT2D eigenvalue weighted by atomic mass is 9.99. The van der Waals surface area contributed by atoms with E-state index in [1.807, 2.05) is 12.1 Å². The predicted molar refractivity (Wildman–Crippen MR) is 113 cm³/mol. The lowest BCUT2D eigenvalue weighted by molar-refractivity contribution is -0.120. The van der Waals surface area contributed by atoms with Crippen molar-refractivity contribution in [3.05, 3.63) is 65.8 Å². The second-order valence-corrected chi connectivity index (χ2v) is 9.37. The highest BCUT2D eigenvalue weighted by molar-refractivity contribution is 7.89. The quantitative estimate of drug-likeness (QED) is 0.681. The maximum Gasteiger partial charge on any atom is 0.245 e. The highest BCUT2D eigenvalue weighted by Gasteiger charge is 2.34. The molecule has 0 radical (unpaired) electrons. The highest BCUT2D eigenvalue weighted by atomic mass is 35.5. The topological polar surface area (TPSA) is 79.4 Å². The number of hydrogen-bond acceptors (Lipinski definition) is 4. The number of carbonyl (C=O) groups is 1. The number of sulfonamides is 1. The van der Waals surface area contributed by atoms with Crippen molar-refractivity contribution >= 4 is 44.1 Å². The van der Waals surface area contributed by atoms with Gasteiger partial charge in [0.1, 0.15) is 4.90 Å². The summed E-state index contributed by atoms with van der Waals surface area (Å²) in [4.78, 5) is 17.1. The molecule has 1 saturated heterocycles. The Kier molecular flexibility index (Phi) is 5.54. The first kappa shape index (κ1) is 19.8. The van der Waals surface area contributed by atoms with Gasteiger partial charge in [0.05, 0.1) is 11.4 Å². The van der Waals surface area contributed by atoms with E-state index in [4.69, 9.17) is 11.6 Å². The van der Waals surface area contributed by atoms with E-state index >= 15 is 0 Å². The summed E-state index contributed by atoms with van der Waals surface area (Å²) in [6.07, 6.45) is 2.84. The van der Waals surface area contributed by atoms with Gasteiger partial charge in [0.15, 0.2) is 0 Å². The molecule has 2 aromatic carbocycles. The van der Waals surface area contributed by atoms with E-state index in [1.54, 1.807) is 48.7 Å². The van der Waals surface area contributed by atoms with Gasteiger partial charge in [-0.25, -0.2) is 8.42 Å². The predicted octanol–water partition coefficient (Wildman–Crippen LogP) is 3.93. The monoisotopic (exact) mass is 429 g/mol. The molecule has 0 bridgehead atoms. The number of benzene rings is 2. The summed E-state index contributed by atoms with van der Waals surface area (Å²) in [5.74, 6) is -0.611. The number of amides is 1. The Morgan fingerprint density at radius 2 is 1.86 bits per heavy atom. The number of piperidine rings is 1. The summed E-state index contributed by atoms with van der Waals surface area (Å²) in [6.45, 7) is 0.529. The molecule has 1 aliphatic heterocycles. The van der Waals surface area contributed by atoms with Crippen molar-refractivity contribution in [1.82, 2.24) is 9.29 Å². The van der Waals surface area contributed by atoms with E-state index in [2.05, 4.69) is 10.3 Å². The molecule has 1 N–H and O–H groups in total. The summed E-state index contributed by atoms with van der Waals surface area (Å²) in [5, 5.41) is 4.20. The van der Waals surface area contributed by atoms with Crippen molar-refractivity contribution in [1.29, 1.82) is 0 Å². The van der Waals surface area contributed by atoms with Crippen LogP contribution in [0.5, 0.6) is 0 Å². The number of carbonyl (C=O) groups excluding carboxylic acids is 1. The third-order valence-electron chi connectivity index (χ3n) is 5.08. The number of hydrogen-bond donors (Lipinski definition) is 1. The van der Waals surface area contributed by atoms with Gasteiger partial charge < -0.3 is 5.32 Å². The van der Waals surface area contributed by atoms with Gasteiger partial charge in [-0.05, 0) is 49.2 Å². The lowest BCUT2D eigenvalue weighted by Gasteiger charge is -2.31. The van der Waals surface area contributed by atoms with Crippen LogP contribution >= 0.6 is 11.6 Å². The van der Waals surface area contributed by atoms with Gasteiger partial charge >= 0.3 is 0 Å². The van der Waals surface area contributed by atoms with Crippen LogP contribution in [0.2, 0.25) is 5.02 Å². The number of fused-ring (bicyclic) bond motifs is 1. The van der Waals surface area contributed by atoms with Crippen LogP contribution in [0.15, 0.2) is 65.7 Å². The number of pyridine rings is 1. The highest BCUT2D eigenvalue weighted by Crippen LogP contribution is 2.28. The van der Waals surface area contributed by atoms with E-state index in [9.17, 15) is 13.2 Å². The molecule has 4 rings (SSSR count). The molecule has 1 aliphatic rings. The van der Waals surface area contributed by atoms with Crippen LogP contribution in [0.4, 0.5) is 5.69 Å². The summed E-state index contributed by atoms with van der Waals surface area (Å²) in [6, 6.07) is 15.6. The summed E-state index contributed by atoms with van der Waals surface area (Å²) in [5.41, 5.74) is 1.08. The molecule has 6 nitrogen and oxygen atoms in total. The van der Waals surface area contributed by atoms with E-state index in [0.29, 0.717) is 35.6 Å². The van der Waals surface area contributed by atoms with Gasteiger partial charge in [0, 0.05) is 35.4 Å². The first-order chi connectivity index (χ1) is 13.9. The van der Waals surface area contributed by atoms with Crippen LogP contribution in [0, 0.1) is 5.92 Å². The molecular weight excluding hydrogens is 410 g/mol. The number of halogens is 1. The third kappa shape index (κ3) is 4.12. The van der Waals surface area contributed by atoms with Crippen molar-refractivity contribution in [3.63, 3.8) is 0 Å². The van der Waals surface area contributed by atoms with E-state index in [0.717, 1.165) is 5.39 Å². The summed E-state index contributed by atoms with van der Waals surface area (Å²) < 4.78 is 28.0. The second-order valence-electron chi connectivity index (χ2n) is 7.03. The molecule has 150 valence electrons. The van der Waals surface area contributed by atoms with Crippen LogP contribution in [0.3, 0.4) is 0 Å². The fraction of sp³-hybridized carbons (Fsp3) is 0.238. The van der Waals surface area contributed by atoms with Gasteiger partial charge in [-0.3, -0.25) is 9.78 Å². The van der Waals surface area contributed by atoms with Gasteiger partial charge in [-0.2, -0.15) is 4.31 Å². The maximum atomic E-state index is 13.3. The number of rotatable bonds is 4. The van der Waals surface area contributed by atoms with Crippen molar-refractivity contribution < 1.29 is 13.2 Å². The van der Waals surface area contributed by atoms with Crippen molar-refractivity contribution in [3.8, 4) is 0 Å². The largest absolute Gasteiger partial charge is 0.326 e. The Morgan fingerprint density at radius 1 is 1.10 bits per heavy atom. The first-order valence-corrected chi connectivity index (χ1v) is 11.2. The number of nitrogens with zero attached hydrogens (tertiary/aromatic N) is 2. The zero-order chi connectivity index (χ0) is 20.4. The molecule has 1 unspecified atom stereocenters. The molecule has 2 heterocycles. The van der Waals surface area contributed by atoms with E-state index < -0.39 is 15.9 Å². The SMILES string of the molecule is O=C(Nc1ccc(Cl)cc1)C1CCCN(S(=O)(=O)c2cccc3cccnc23)C1. The average Bonchev–Trinajstić information content (AvgIpc) is 2.75. The first-order valence-electron chi connectivity index (χ1n) is 9.35. The molecule has 1 atom stereocenters. The Balaban J connectivity index is 1.55. The van der Waals surface area contributed by atoms with Gasteiger partial charge in [-0.1, -0.05) is 29.8 Å². The zero-order valence-electron chi connectivity index (χ0n) is 15.6. The van der Waals surface area contributed by atoms with Crippen LogP contribution in [-0.2, 0) is 14.8 Å². The number of aromatic nitrogens is 1. The molecule has 1 amide bonds. The van der Waals surface area contributed by atoms with Crippen LogP contribution < -0.4 is 5.32 Å². The van der Waals surface area contributed by atoms with Crippen LogP contribution in [0.1, 0.15) is 12.8 Å². The van der Waals surface area contributed by atoms with E-state index in [1.165, 1.54) is 4.31 Å². The Hall–Kier alpha value is -2.48. The molecule has 29 heavy (non-hydrogen) atoms. The minimum atomic E-state index is -3.76. The smallest absolute Gasteiger partial charge is 0.245 e. The Morgan fingerprint density at radius 3 is 2.66 bits per heavy atom. The van der Waals surface area contributed by atoms with Crippen molar-refractivity contribution in [2.75, 3.05) is 18.4 Å². The average molecular weight is 430 g/mol. The molecule has 1 aromatic heterocycles. The molecule has 8 heteroatoms. The standard InChI is InChI=1S/C21H20ClN3O3S/c22-17-8-10-18(11-9-17)24-21(26)16-6-3-13-25(14-16)29(27,28)19-7-1-4-15-5-2-12-23-20(15)19/h1-2,4-5,7-12,16H,3,6,13-14H2,(H,24,26). The van der Waals surface area contributed by atoms with Gasteiger partial charge in [0.2, 0.25) is 15.9 Å². The normalized spacial score (nSPS) is 17.9. The van der Waals surface area contributed by atoms with E-state index in [-0.39, 0.29) is 17.3 Å². The fourth-order valence-corrected chi connectivity index (χ4v) is 5.39. The summed E-state index contributed by atoms with van der Waals surface area (Å²) in [7, 11) is -3.76. The van der Waals surface area contributed by atoms with Crippen LogP contribution in [-0.4, -0.2) is 36.7 Å². The molecule has 0 aliphatic carbocycles. The fourth-order valence-electron chi connectivity index (χ4n) is 3.58. The third-order valence-corrected chi connectivity index (χ3v) is 7.23. The Labute approximate surface area is 174 Å². The molecule has 0 saturated carbocycles. The van der Waals surface area contributed by atoms with Gasteiger partial charge in [0.25, 0.3) is 0 Å². The molecule has 3 aromatic rings. The number of anilines is 1.